The van der Waals surface area contributed by atoms with Crippen molar-refractivity contribution in [3.63, 3.8) is 0 Å². The third-order valence-corrected chi connectivity index (χ3v) is 1.83. The molecule has 15 heavy (non-hydrogen) atoms. The van der Waals surface area contributed by atoms with Crippen LogP contribution in [-0.4, -0.2) is 16.0 Å². The molecule has 0 aliphatic carbocycles. The van der Waals surface area contributed by atoms with E-state index >= 15 is 0 Å². The molecule has 0 radical (unpaired) electrons. The lowest BCUT2D eigenvalue weighted by Gasteiger charge is -1.92. The zero-order valence-corrected chi connectivity index (χ0v) is 7.12. The first-order chi connectivity index (χ1) is 7.17. The van der Waals surface area contributed by atoms with Gasteiger partial charge in [0, 0.05) is 6.07 Å². The number of aromatic nitrogens is 1. The second-order valence-corrected chi connectivity index (χ2v) is 2.68. The highest BCUT2D eigenvalue weighted by molar-refractivity contribution is 5.73. The number of halogens is 2. The van der Waals surface area contributed by atoms with Crippen LogP contribution in [0.4, 0.5) is 8.78 Å². The van der Waals surface area contributed by atoms with Gasteiger partial charge < -0.3 is 9.52 Å². The van der Waals surface area contributed by atoms with E-state index in [0.29, 0.717) is 0 Å². The monoisotopic (exact) mass is 211 g/mol. The molecule has 0 bridgehead atoms. The van der Waals surface area contributed by atoms with E-state index < -0.39 is 28.0 Å². The molecule has 76 valence electrons. The lowest BCUT2D eigenvalue weighted by atomic mass is 10.2. The number of nitrogens with zero attached hydrogens (tertiary/aromatic N) is 1. The van der Waals surface area contributed by atoms with Gasteiger partial charge in [-0.3, -0.25) is 0 Å². The van der Waals surface area contributed by atoms with Crippen LogP contribution in [0.1, 0.15) is 0 Å². The van der Waals surface area contributed by atoms with Gasteiger partial charge in [0.25, 0.3) is 0 Å². The van der Waals surface area contributed by atoms with Gasteiger partial charge in [-0.05, 0) is 0 Å². The van der Waals surface area contributed by atoms with Crippen molar-refractivity contribution in [2.75, 3.05) is 0 Å². The Morgan fingerprint density at radius 3 is 2.87 bits per heavy atom. The molecule has 1 aromatic carbocycles. The summed E-state index contributed by atoms with van der Waals surface area (Å²) in [5.41, 5.74) is -1.01. The normalized spacial score (nSPS) is 12.0. The summed E-state index contributed by atoms with van der Waals surface area (Å²) in [7, 11) is 0. The van der Waals surface area contributed by atoms with E-state index in [0.717, 1.165) is 6.07 Å². The molecule has 0 aliphatic rings. The lowest BCUT2D eigenvalue weighted by Crippen LogP contribution is -2.12. The van der Waals surface area contributed by atoms with Crippen LogP contribution >= 0.6 is 0 Å². The molecule has 1 N–H and O–H groups in total. The molecule has 1 aromatic heterocycles. The molecule has 0 fully saturated rings. The van der Waals surface area contributed by atoms with Crippen LogP contribution < -0.4 is 10.8 Å². The highest BCUT2D eigenvalue weighted by Gasteiger charge is 2.13. The first-order valence-electron chi connectivity index (χ1n) is 3.81. The molecule has 0 spiro atoms. The van der Waals surface area contributed by atoms with Crippen molar-refractivity contribution >= 4 is 23.3 Å². The Labute approximate surface area is 80.8 Å². The fraction of sp³-hybridized carbons (Fsp3) is 0. The Morgan fingerprint density at radius 1 is 1.53 bits per heavy atom. The molecule has 0 saturated heterocycles. The first kappa shape index (κ1) is 9.36. The van der Waals surface area contributed by atoms with Gasteiger partial charge in [-0.1, -0.05) is 0 Å². The number of carbonyl (C=O) groups excluding carboxylic acids is 1. The molecule has 6 heteroatoms. The van der Waals surface area contributed by atoms with Crippen molar-refractivity contribution in [3.8, 4) is 0 Å². The zero-order chi connectivity index (χ0) is 11.0. The predicted molar refractivity (Wildman–Crippen MR) is 45.1 cm³/mol. The number of benzene rings is 1. The van der Waals surface area contributed by atoms with Gasteiger partial charge in [-0.15, -0.1) is 0 Å². The van der Waals surface area contributed by atoms with Crippen molar-refractivity contribution in [2.24, 2.45) is 0 Å². The second kappa shape index (κ2) is 3.18. The van der Waals surface area contributed by atoms with Crippen LogP contribution in [0.15, 0.2) is 10.5 Å². The molecule has 0 atom stereocenters. The summed E-state index contributed by atoms with van der Waals surface area (Å²) in [6.07, 6.45) is 0.275. The summed E-state index contributed by atoms with van der Waals surface area (Å²) < 4.78 is 31.1. The highest BCUT2D eigenvalue weighted by Crippen LogP contribution is 2.11. The Hall–Kier alpha value is -2.20. The number of hydrogen-bond acceptors (Lipinski definition) is 4. The van der Waals surface area contributed by atoms with Gasteiger partial charge in [-0.25, -0.2) is 13.6 Å². The SMILES string of the molecule is O=C=c1nc2cc(F)c(=CO)c(F)c2o1. The Kier molecular flexibility index (Phi) is 1.98. The summed E-state index contributed by atoms with van der Waals surface area (Å²) in [6.45, 7) is 0. The van der Waals surface area contributed by atoms with Crippen LogP contribution in [0.3, 0.4) is 0 Å². The maximum absolute atomic E-state index is 13.4. The standard InChI is InChI=1S/C9H3F2NO3/c10-5-1-6-9(8(11)4(5)2-13)15-7(3-14)12-6/h1-2,13H. The van der Waals surface area contributed by atoms with Crippen LogP contribution in [0.5, 0.6) is 0 Å². The van der Waals surface area contributed by atoms with E-state index in [9.17, 15) is 13.6 Å². The average molecular weight is 211 g/mol. The maximum Gasteiger partial charge on any atom is 0.308 e. The summed E-state index contributed by atoms with van der Waals surface area (Å²) in [5, 5.41) is 7.94. The average Bonchev–Trinajstić information content (AvgIpc) is 2.61. The number of aliphatic hydroxyl groups is 1. The van der Waals surface area contributed by atoms with E-state index in [1.54, 1.807) is 0 Å². The number of aliphatic hydroxyl groups excluding tert-OH is 1. The minimum atomic E-state index is -1.11. The number of rotatable bonds is 0. The first-order valence-corrected chi connectivity index (χ1v) is 3.81. The van der Waals surface area contributed by atoms with Crippen molar-refractivity contribution in [1.82, 2.24) is 4.98 Å². The predicted octanol–water partition coefficient (Wildman–Crippen LogP) is -0.0948. The summed E-state index contributed by atoms with van der Waals surface area (Å²) >= 11 is 0. The van der Waals surface area contributed by atoms with Crippen LogP contribution in [0.2, 0.25) is 0 Å². The Balaban J connectivity index is 3.08. The largest absolute Gasteiger partial charge is 0.515 e. The number of hydrogen-bond donors (Lipinski definition) is 1. The van der Waals surface area contributed by atoms with Crippen molar-refractivity contribution in [2.45, 2.75) is 0 Å². The quantitative estimate of drug-likeness (QED) is 0.661. The van der Waals surface area contributed by atoms with E-state index in [2.05, 4.69) is 9.40 Å². The van der Waals surface area contributed by atoms with Crippen molar-refractivity contribution in [1.29, 1.82) is 0 Å². The molecule has 0 unspecified atom stereocenters. The minimum absolute atomic E-state index is 0.144. The number of fused-ring (bicyclic) bond motifs is 1. The molecule has 2 rings (SSSR count). The van der Waals surface area contributed by atoms with Gasteiger partial charge >= 0.3 is 5.55 Å². The molecule has 0 aliphatic heterocycles. The third-order valence-electron chi connectivity index (χ3n) is 1.83. The fourth-order valence-corrected chi connectivity index (χ4v) is 1.17. The topological polar surface area (TPSA) is 63.3 Å². The number of oxazole rings is 1. The van der Waals surface area contributed by atoms with Gasteiger partial charge in [0.05, 0.1) is 11.5 Å². The van der Waals surface area contributed by atoms with Gasteiger partial charge in [-0.2, -0.15) is 4.98 Å². The summed E-state index contributed by atoms with van der Waals surface area (Å²) in [6, 6.07) is 0.852. The van der Waals surface area contributed by atoms with Gasteiger partial charge in [0.1, 0.15) is 11.3 Å². The lowest BCUT2D eigenvalue weighted by molar-refractivity contribution is 0.495. The van der Waals surface area contributed by atoms with Crippen LogP contribution in [-0.2, 0) is 4.79 Å². The molecular formula is C9H3F2NO3. The molecule has 1 heterocycles. The minimum Gasteiger partial charge on any atom is -0.515 e. The van der Waals surface area contributed by atoms with Crippen LogP contribution in [0.25, 0.3) is 17.4 Å². The Morgan fingerprint density at radius 2 is 2.27 bits per heavy atom. The smallest absolute Gasteiger partial charge is 0.308 e. The second-order valence-electron chi connectivity index (χ2n) is 2.68. The van der Waals surface area contributed by atoms with E-state index in [1.165, 1.54) is 5.94 Å². The molecule has 4 nitrogen and oxygen atoms in total. The molecule has 0 saturated carbocycles. The Bertz CT molecular complexity index is 671. The van der Waals surface area contributed by atoms with E-state index in [-0.39, 0.29) is 11.8 Å². The maximum atomic E-state index is 13.4. The molecule has 0 amide bonds. The third kappa shape index (κ3) is 1.28. The summed E-state index contributed by atoms with van der Waals surface area (Å²) in [5.74, 6) is -0.791. The molecular weight excluding hydrogens is 208 g/mol. The van der Waals surface area contributed by atoms with Crippen molar-refractivity contribution < 1.29 is 23.1 Å². The van der Waals surface area contributed by atoms with Crippen molar-refractivity contribution in [3.05, 3.63) is 28.5 Å². The van der Waals surface area contributed by atoms with Crippen LogP contribution in [0, 0.1) is 11.6 Å². The van der Waals surface area contributed by atoms with E-state index in [4.69, 9.17) is 5.11 Å². The van der Waals surface area contributed by atoms with Gasteiger partial charge in [0.2, 0.25) is 0 Å². The highest BCUT2D eigenvalue weighted by atomic mass is 19.1. The fourth-order valence-electron chi connectivity index (χ4n) is 1.17. The molecule has 2 aromatic rings. The van der Waals surface area contributed by atoms with E-state index in [1.807, 2.05) is 0 Å². The zero-order valence-electron chi connectivity index (χ0n) is 7.12. The van der Waals surface area contributed by atoms with Gasteiger partial charge in [0.15, 0.2) is 17.3 Å². The summed E-state index contributed by atoms with van der Waals surface area (Å²) in [4.78, 5) is 13.6.